The van der Waals surface area contributed by atoms with E-state index in [9.17, 15) is 8.42 Å². The molecule has 0 spiro atoms. The fourth-order valence-electron chi connectivity index (χ4n) is 2.97. The molecular weight excluding hydrogens is 342 g/mol. The maximum atomic E-state index is 12.4. The number of hydrogen-bond acceptors (Lipinski definition) is 4. The number of thiophene rings is 1. The molecule has 2 aliphatic rings. The van der Waals surface area contributed by atoms with Crippen molar-refractivity contribution in [1.82, 2.24) is 14.5 Å². The fraction of sp³-hybridized carbons (Fsp3) is 0.588. The number of sulfonamides is 1. The van der Waals surface area contributed by atoms with Crippen LogP contribution in [0.3, 0.4) is 0 Å². The van der Waals surface area contributed by atoms with Gasteiger partial charge in [0.05, 0.1) is 12.2 Å². The summed E-state index contributed by atoms with van der Waals surface area (Å²) < 4.78 is 29.9. The Morgan fingerprint density at radius 3 is 2.62 bits per heavy atom. The van der Waals surface area contributed by atoms with E-state index in [1.165, 1.54) is 48.4 Å². The predicted molar refractivity (Wildman–Crippen MR) is 95.1 cm³/mol. The third-order valence-corrected chi connectivity index (χ3v) is 7.87. The largest absolute Gasteiger partial charge is 0.268 e. The fourth-order valence-corrected chi connectivity index (χ4v) is 5.33. The van der Waals surface area contributed by atoms with Crippen LogP contribution in [0.2, 0.25) is 0 Å². The van der Waals surface area contributed by atoms with Gasteiger partial charge in [-0.15, -0.1) is 11.3 Å². The highest BCUT2D eigenvalue weighted by atomic mass is 32.2. The van der Waals surface area contributed by atoms with E-state index in [2.05, 4.69) is 10.8 Å². The van der Waals surface area contributed by atoms with Crippen molar-refractivity contribution in [2.75, 3.05) is 6.54 Å². The van der Waals surface area contributed by atoms with Crippen LogP contribution in [-0.2, 0) is 23.0 Å². The molecule has 2 saturated carbocycles. The number of rotatable bonds is 8. The summed E-state index contributed by atoms with van der Waals surface area (Å²) in [4.78, 5) is 1.09. The Kier molecular flexibility index (Phi) is 4.26. The first kappa shape index (κ1) is 16.3. The topological polar surface area (TPSA) is 64.0 Å². The van der Waals surface area contributed by atoms with E-state index in [0.717, 1.165) is 11.3 Å². The molecule has 5 nitrogen and oxygen atoms in total. The van der Waals surface area contributed by atoms with Gasteiger partial charge in [-0.1, -0.05) is 6.92 Å². The molecule has 0 atom stereocenters. The molecule has 4 rings (SSSR count). The molecule has 2 aromatic heterocycles. The zero-order chi connectivity index (χ0) is 16.7. The van der Waals surface area contributed by atoms with E-state index in [4.69, 9.17) is 5.10 Å². The molecule has 0 aromatic carbocycles. The predicted octanol–water partition coefficient (Wildman–Crippen LogP) is 3.24. The minimum atomic E-state index is -3.41. The van der Waals surface area contributed by atoms with Gasteiger partial charge in [0, 0.05) is 29.0 Å². The van der Waals surface area contributed by atoms with Gasteiger partial charge in [0.15, 0.2) is 0 Å². The SMILES string of the molecule is CCc1ccc(S(=O)(=O)NCCn2nc(C3CC3)cc2C2CC2)s1. The molecule has 0 unspecified atom stereocenters. The summed E-state index contributed by atoms with van der Waals surface area (Å²) in [5, 5.41) is 4.73. The van der Waals surface area contributed by atoms with Crippen molar-refractivity contribution in [2.45, 2.75) is 61.6 Å². The lowest BCUT2D eigenvalue weighted by atomic mass is 10.2. The highest BCUT2D eigenvalue weighted by Gasteiger charge is 2.32. The molecule has 24 heavy (non-hydrogen) atoms. The number of hydrogen-bond donors (Lipinski definition) is 1. The zero-order valence-electron chi connectivity index (χ0n) is 13.9. The quantitative estimate of drug-likeness (QED) is 0.781. The van der Waals surface area contributed by atoms with E-state index in [0.29, 0.717) is 29.1 Å². The van der Waals surface area contributed by atoms with Gasteiger partial charge in [0.25, 0.3) is 0 Å². The summed E-state index contributed by atoms with van der Waals surface area (Å²) in [6.07, 6.45) is 5.81. The second-order valence-electron chi connectivity index (χ2n) is 6.74. The lowest BCUT2D eigenvalue weighted by Gasteiger charge is -2.08. The second kappa shape index (κ2) is 6.28. The number of aryl methyl sites for hydroxylation is 1. The lowest BCUT2D eigenvalue weighted by molar-refractivity contribution is 0.549. The third kappa shape index (κ3) is 3.43. The number of nitrogens with one attached hydrogen (secondary N) is 1. The van der Waals surface area contributed by atoms with Crippen molar-refractivity contribution in [3.63, 3.8) is 0 Å². The van der Waals surface area contributed by atoms with Gasteiger partial charge >= 0.3 is 0 Å². The Bertz CT molecular complexity index is 830. The molecule has 7 heteroatoms. The smallest absolute Gasteiger partial charge is 0.250 e. The van der Waals surface area contributed by atoms with Crippen LogP contribution in [0.1, 0.15) is 60.7 Å². The van der Waals surface area contributed by atoms with E-state index in [-0.39, 0.29) is 0 Å². The molecule has 0 radical (unpaired) electrons. The third-order valence-electron chi connectivity index (χ3n) is 4.69. The van der Waals surface area contributed by atoms with Crippen LogP contribution >= 0.6 is 11.3 Å². The second-order valence-corrected chi connectivity index (χ2v) is 9.90. The summed E-state index contributed by atoms with van der Waals surface area (Å²) >= 11 is 1.35. The molecule has 0 amide bonds. The van der Waals surface area contributed by atoms with E-state index in [1.807, 2.05) is 17.7 Å². The Hall–Kier alpha value is -1.18. The van der Waals surface area contributed by atoms with Gasteiger partial charge in [0.1, 0.15) is 4.21 Å². The van der Waals surface area contributed by atoms with Crippen LogP contribution in [0.25, 0.3) is 0 Å². The van der Waals surface area contributed by atoms with Gasteiger partial charge in [-0.25, -0.2) is 13.1 Å². The zero-order valence-corrected chi connectivity index (χ0v) is 15.5. The first-order valence-electron chi connectivity index (χ1n) is 8.73. The summed E-state index contributed by atoms with van der Waals surface area (Å²) in [6.45, 7) is 3.02. The van der Waals surface area contributed by atoms with Crippen LogP contribution in [0, 0.1) is 0 Å². The number of aromatic nitrogens is 2. The summed E-state index contributed by atoms with van der Waals surface area (Å²) in [5.41, 5.74) is 2.49. The van der Waals surface area contributed by atoms with Crippen molar-refractivity contribution in [1.29, 1.82) is 0 Å². The van der Waals surface area contributed by atoms with Crippen molar-refractivity contribution in [2.24, 2.45) is 0 Å². The lowest BCUT2D eigenvalue weighted by Crippen LogP contribution is -2.27. The summed E-state index contributed by atoms with van der Waals surface area (Å²) in [6, 6.07) is 5.83. The van der Waals surface area contributed by atoms with Crippen LogP contribution < -0.4 is 4.72 Å². The highest BCUT2D eigenvalue weighted by Crippen LogP contribution is 2.44. The normalized spacial score (nSPS) is 18.2. The molecule has 2 aliphatic carbocycles. The van der Waals surface area contributed by atoms with Gasteiger partial charge in [-0.05, 0) is 50.3 Å². The Balaban J connectivity index is 1.41. The van der Waals surface area contributed by atoms with Crippen LogP contribution in [0.15, 0.2) is 22.4 Å². The molecule has 1 N–H and O–H groups in total. The molecule has 0 saturated heterocycles. The first-order valence-corrected chi connectivity index (χ1v) is 11.0. The van der Waals surface area contributed by atoms with Gasteiger partial charge in [-0.3, -0.25) is 4.68 Å². The Morgan fingerprint density at radius 1 is 1.25 bits per heavy atom. The highest BCUT2D eigenvalue weighted by molar-refractivity contribution is 7.91. The standard InChI is InChI=1S/C17H23N3O2S2/c1-2-14-7-8-17(23-14)24(21,22)18-9-10-20-16(13-5-6-13)11-15(19-20)12-3-4-12/h7-8,11-13,18H,2-6,9-10H2,1H3. The van der Waals surface area contributed by atoms with Crippen LogP contribution in [-0.4, -0.2) is 24.7 Å². The van der Waals surface area contributed by atoms with E-state index in [1.54, 1.807) is 6.07 Å². The molecular formula is C17H23N3O2S2. The Labute approximate surface area is 147 Å². The maximum Gasteiger partial charge on any atom is 0.250 e. The molecule has 0 aliphatic heterocycles. The van der Waals surface area contributed by atoms with Gasteiger partial charge in [0.2, 0.25) is 10.0 Å². The number of nitrogens with zero attached hydrogens (tertiary/aromatic N) is 2. The van der Waals surface area contributed by atoms with Crippen molar-refractivity contribution in [3.05, 3.63) is 34.5 Å². The van der Waals surface area contributed by atoms with Crippen LogP contribution in [0.5, 0.6) is 0 Å². The van der Waals surface area contributed by atoms with Gasteiger partial charge in [-0.2, -0.15) is 5.10 Å². The van der Waals surface area contributed by atoms with Gasteiger partial charge < -0.3 is 0 Å². The van der Waals surface area contributed by atoms with Crippen molar-refractivity contribution in [3.8, 4) is 0 Å². The van der Waals surface area contributed by atoms with Crippen molar-refractivity contribution < 1.29 is 8.42 Å². The first-order chi connectivity index (χ1) is 11.6. The average Bonchev–Trinajstić information content (AvgIpc) is 3.49. The summed E-state index contributed by atoms with van der Waals surface area (Å²) in [7, 11) is -3.41. The maximum absolute atomic E-state index is 12.4. The average molecular weight is 366 g/mol. The molecule has 2 fully saturated rings. The summed E-state index contributed by atoms with van der Waals surface area (Å²) in [5.74, 6) is 1.27. The van der Waals surface area contributed by atoms with Crippen LogP contribution in [0.4, 0.5) is 0 Å². The molecule has 130 valence electrons. The minimum Gasteiger partial charge on any atom is -0.268 e. The van der Waals surface area contributed by atoms with E-state index >= 15 is 0 Å². The molecule has 0 bridgehead atoms. The minimum absolute atomic E-state index is 0.382. The Morgan fingerprint density at radius 2 is 2.00 bits per heavy atom. The van der Waals surface area contributed by atoms with Crippen molar-refractivity contribution >= 4 is 21.4 Å². The van der Waals surface area contributed by atoms with E-state index < -0.39 is 10.0 Å². The molecule has 2 heterocycles. The monoisotopic (exact) mass is 365 g/mol. The molecule has 2 aromatic rings.